The highest BCUT2D eigenvalue weighted by atomic mass is 32.1. The molecule has 0 unspecified atom stereocenters. The van der Waals surface area contributed by atoms with Crippen LogP contribution < -0.4 is 10.6 Å². The third-order valence-corrected chi connectivity index (χ3v) is 2.64. The molecular formula is C10H15N3O3S. The number of anilines is 1. The molecule has 1 heterocycles. The molecule has 1 amide bonds. The maximum Gasteiger partial charge on any atom is 0.357 e. The number of carboxylic acids is 1. The van der Waals surface area contributed by atoms with Crippen molar-refractivity contribution in [3.05, 3.63) is 11.2 Å². The fourth-order valence-electron chi connectivity index (χ4n) is 1.21. The van der Waals surface area contributed by atoms with Crippen molar-refractivity contribution in [3.8, 4) is 0 Å². The van der Waals surface area contributed by atoms with Crippen LogP contribution in [0.3, 0.4) is 0 Å². The Bertz CT molecular complexity index is 403. The first-order valence-electron chi connectivity index (χ1n) is 5.20. The zero-order chi connectivity index (χ0) is 12.8. The molecule has 0 aromatic carbocycles. The van der Waals surface area contributed by atoms with E-state index >= 15 is 0 Å². The van der Waals surface area contributed by atoms with Crippen LogP contribution in [0.1, 0.15) is 30.8 Å². The molecule has 0 bridgehead atoms. The summed E-state index contributed by atoms with van der Waals surface area (Å²) in [6, 6.07) is 0.112. The third kappa shape index (κ3) is 4.39. The second-order valence-electron chi connectivity index (χ2n) is 3.73. The molecule has 0 saturated heterocycles. The van der Waals surface area contributed by atoms with Crippen LogP contribution in [0.5, 0.6) is 0 Å². The minimum absolute atomic E-state index is 0.000678. The van der Waals surface area contributed by atoms with Gasteiger partial charge in [0.1, 0.15) is 5.00 Å². The summed E-state index contributed by atoms with van der Waals surface area (Å²) in [5, 5.41) is 14.9. The van der Waals surface area contributed by atoms with E-state index in [0.29, 0.717) is 18.0 Å². The van der Waals surface area contributed by atoms with Gasteiger partial charge in [0.2, 0.25) is 5.91 Å². The Kier molecular flexibility index (Phi) is 4.89. The van der Waals surface area contributed by atoms with E-state index < -0.39 is 5.97 Å². The average molecular weight is 257 g/mol. The fraction of sp³-hybridized carbons (Fsp3) is 0.500. The molecule has 0 aliphatic heterocycles. The fourth-order valence-corrected chi connectivity index (χ4v) is 1.91. The number of hydrogen-bond donors (Lipinski definition) is 3. The molecular weight excluding hydrogens is 242 g/mol. The van der Waals surface area contributed by atoms with E-state index in [1.54, 1.807) is 0 Å². The molecule has 1 rings (SSSR count). The van der Waals surface area contributed by atoms with Crippen LogP contribution in [0.25, 0.3) is 0 Å². The molecule has 0 radical (unpaired) electrons. The summed E-state index contributed by atoms with van der Waals surface area (Å²) in [5.74, 6) is -1.13. The van der Waals surface area contributed by atoms with Crippen molar-refractivity contribution in [2.24, 2.45) is 0 Å². The third-order valence-electron chi connectivity index (χ3n) is 1.86. The van der Waals surface area contributed by atoms with Gasteiger partial charge in [-0.15, -0.1) is 11.3 Å². The predicted octanol–water partition coefficient (Wildman–Crippen LogP) is 1.17. The first-order valence-corrected chi connectivity index (χ1v) is 6.08. The van der Waals surface area contributed by atoms with Crippen LogP contribution in [0.4, 0.5) is 5.00 Å². The number of rotatable bonds is 6. The minimum Gasteiger partial charge on any atom is -0.476 e. The van der Waals surface area contributed by atoms with Gasteiger partial charge in [-0.25, -0.2) is 9.78 Å². The molecule has 6 nitrogen and oxygen atoms in total. The zero-order valence-electron chi connectivity index (χ0n) is 9.69. The predicted molar refractivity (Wildman–Crippen MR) is 65.5 cm³/mol. The van der Waals surface area contributed by atoms with Crippen molar-refractivity contribution in [2.75, 3.05) is 11.9 Å². The molecule has 0 fully saturated rings. The van der Waals surface area contributed by atoms with Gasteiger partial charge in [-0.1, -0.05) is 0 Å². The van der Waals surface area contributed by atoms with E-state index in [9.17, 15) is 9.59 Å². The maximum absolute atomic E-state index is 11.3. The highest BCUT2D eigenvalue weighted by Gasteiger charge is 2.13. The second kappa shape index (κ2) is 6.19. The van der Waals surface area contributed by atoms with Gasteiger partial charge in [-0.05, 0) is 13.8 Å². The Labute approximate surface area is 103 Å². The van der Waals surface area contributed by atoms with Gasteiger partial charge in [0, 0.05) is 19.0 Å². The number of thiazole rings is 1. The summed E-state index contributed by atoms with van der Waals surface area (Å²) in [7, 11) is 0. The molecule has 0 aliphatic carbocycles. The van der Waals surface area contributed by atoms with Crippen molar-refractivity contribution < 1.29 is 14.7 Å². The Morgan fingerprint density at radius 1 is 1.53 bits per heavy atom. The molecule has 0 saturated carbocycles. The lowest BCUT2D eigenvalue weighted by molar-refractivity contribution is -0.121. The second-order valence-corrected chi connectivity index (χ2v) is 4.59. The molecule has 3 N–H and O–H groups in total. The van der Waals surface area contributed by atoms with E-state index in [1.807, 2.05) is 13.8 Å². The molecule has 1 aromatic heterocycles. The van der Waals surface area contributed by atoms with E-state index in [4.69, 9.17) is 5.11 Å². The maximum atomic E-state index is 11.3. The van der Waals surface area contributed by atoms with Crippen LogP contribution in [0, 0.1) is 0 Å². The SMILES string of the molecule is CC(C)NC(=O)CCNc1scnc1C(=O)O. The quantitative estimate of drug-likeness (QED) is 0.711. The largest absolute Gasteiger partial charge is 0.476 e. The Morgan fingerprint density at radius 3 is 2.82 bits per heavy atom. The summed E-state index contributed by atoms with van der Waals surface area (Å²) in [4.78, 5) is 25.8. The molecule has 7 heteroatoms. The number of hydrogen-bond acceptors (Lipinski definition) is 5. The molecule has 0 aliphatic rings. The van der Waals surface area contributed by atoms with Crippen LogP contribution in [-0.2, 0) is 4.79 Å². The summed E-state index contributed by atoms with van der Waals surface area (Å²) in [5.41, 5.74) is 1.46. The van der Waals surface area contributed by atoms with Gasteiger partial charge < -0.3 is 15.7 Å². The Hall–Kier alpha value is -1.63. The van der Waals surface area contributed by atoms with E-state index in [1.165, 1.54) is 16.8 Å². The van der Waals surface area contributed by atoms with Crippen LogP contribution in [0.2, 0.25) is 0 Å². The molecule has 17 heavy (non-hydrogen) atoms. The molecule has 94 valence electrons. The number of carboxylic acid groups (broad SMARTS) is 1. The van der Waals surface area contributed by atoms with Crippen molar-refractivity contribution in [1.29, 1.82) is 0 Å². The number of aromatic carboxylic acids is 1. The molecule has 0 spiro atoms. The van der Waals surface area contributed by atoms with E-state index in [-0.39, 0.29) is 17.6 Å². The summed E-state index contributed by atoms with van der Waals surface area (Å²) < 4.78 is 0. The van der Waals surface area contributed by atoms with Crippen molar-refractivity contribution >= 4 is 28.2 Å². The number of nitrogens with zero attached hydrogens (tertiary/aromatic N) is 1. The lowest BCUT2D eigenvalue weighted by atomic mass is 10.3. The zero-order valence-corrected chi connectivity index (χ0v) is 10.5. The number of carbonyl (C=O) groups excluding carboxylic acids is 1. The normalized spacial score (nSPS) is 10.3. The van der Waals surface area contributed by atoms with E-state index in [2.05, 4.69) is 15.6 Å². The number of nitrogens with one attached hydrogen (secondary N) is 2. The van der Waals surface area contributed by atoms with Crippen LogP contribution in [-0.4, -0.2) is 34.6 Å². The first kappa shape index (κ1) is 13.4. The Morgan fingerprint density at radius 2 is 2.24 bits per heavy atom. The lowest BCUT2D eigenvalue weighted by Crippen LogP contribution is -2.31. The summed E-state index contributed by atoms with van der Waals surface area (Å²) in [6.07, 6.45) is 0.301. The van der Waals surface area contributed by atoms with Crippen LogP contribution >= 0.6 is 11.3 Å². The van der Waals surface area contributed by atoms with Gasteiger partial charge in [-0.3, -0.25) is 4.79 Å². The van der Waals surface area contributed by atoms with E-state index in [0.717, 1.165) is 0 Å². The highest BCUT2D eigenvalue weighted by molar-refractivity contribution is 7.14. The lowest BCUT2D eigenvalue weighted by Gasteiger charge is -2.08. The van der Waals surface area contributed by atoms with Crippen molar-refractivity contribution in [2.45, 2.75) is 26.3 Å². The van der Waals surface area contributed by atoms with Crippen molar-refractivity contribution in [1.82, 2.24) is 10.3 Å². The van der Waals surface area contributed by atoms with Gasteiger partial charge in [0.25, 0.3) is 0 Å². The number of aromatic nitrogens is 1. The van der Waals surface area contributed by atoms with Crippen LogP contribution in [0.15, 0.2) is 5.51 Å². The summed E-state index contributed by atoms with van der Waals surface area (Å²) >= 11 is 1.21. The smallest absolute Gasteiger partial charge is 0.357 e. The van der Waals surface area contributed by atoms with Crippen molar-refractivity contribution in [3.63, 3.8) is 0 Å². The molecule has 1 aromatic rings. The minimum atomic E-state index is -1.07. The van der Waals surface area contributed by atoms with Gasteiger partial charge in [0.15, 0.2) is 5.69 Å². The molecule has 0 atom stereocenters. The topological polar surface area (TPSA) is 91.3 Å². The monoisotopic (exact) mass is 257 g/mol. The Balaban J connectivity index is 2.38. The number of amides is 1. The standard InChI is InChI=1S/C10H15N3O3S/c1-6(2)13-7(14)3-4-11-9-8(10(15)16)12-5-17-9/h5-6,11H,3-4H2,1-2H3,(H,13,14)(H,15,16). The number of carbonyl (C=O) groups is 2. The first-order chi connectivity index (χ1) is 8.00. The highest BCUT2D eigenvalue weighted by Crippen LogP contribution is 2.19. The average Bonchev–Trinajstić information content (AvgIpc) is 2.64. The summed E-state index contributed by atoms with van der Waals surface area (Å²) in [6.45, 7) is 4.16. The van der Waals surface area contributed by atoms with Gasteiger partial charge in [-0.2, -0.15) is 0 Å². The van der Waals surface area contributed by atoms with Gasteiger partial charge >= 0.3 is 5.97 Å². The van der Waals surface area contributed by atoms with Gasteiger partial charge in [0.05, 0.1) is 5.51 Å².